The van der Waals surface area contributed by atoms with Gasteiger partial charge < -0.3 is 10.4 Å². The minimum absolute atomic E-state index is 0.256. The molecular formula is C16H14INO3. The lowest BCUT2D eigenvalue weighted by atomic mass is 10.1. The average Bonchev–Trinajstić information content (AvgIpc) is 2.47. The summed E-state index contributed by atoms with van der Waals surface area (Å²) in [5.41, 5.74) is 1.33. The molecule has 0 aliphatic rings. The van der Waals surface area contributed by atoms with Crippen LogP contribution in [-0.2, 0) is 11.2 Å². The van der Waals surface area contributed by atoms with Crippen molar-refractivity contribution in [1.82, 2.24) is 5.32 Å². The van der Waals surface area contributed by atoms with Crippen molar-refractivity contribution in [1.29, 1.82) is 0 Å². The first-order valence-corrected chi connectivity index (χ1v) is 7.47. The average molecular weight is 395 g/mol. The number of hydrogen-bond donors (Lipinski definition) is 2. The Morgan fingerprint density at radius 1 is 1.10 bits per heavy atom. The Morgan fingerprint density at radius 2 is 1.81 bits per heavy atom. The minimum Gasteiger partial charge on any atom is -0.480 e. The maximum atomic E-state index is 12.1. The summed E-state index contributed by atoms with van der Waals surface area (Å²) in [4.78, 5) is 23.4. The van der Waals surface area contributed by atoms with Gasteiger partial charge in [-0.2, -0.15) is 0 Å². The van der Waals surface area contributed by atoms with Gasteiger partial charge in [0.1, 0.15) is 6.04 Å². The Morgan fingerprint density at radius 3 is 2.43 bits per heavy atom. The number of benzene rings is 2. The van der Waals surface area contributed by atoms with E-state index < -0.39 is 12.0 Å². The van der Waals surface area contributed by atoms with Crippen LogP contribution in [0.5, 0.6) is 0 Å². The van der Waals surface area contributed by atoms with Crippen LogP contribution in [0.25, 0.3) is 0 Å². The van der Waals surface area contributed by atoms with Crippen molar-refractivity contribution < 1.29 is 14.7 Å². The van der Waals surface area contributed by atoms with Crippen LogP contribution in [0.2, 0.25) is 0 Å². The molecule has 0 bridgehead atoms. The molecule has 0 fully saturated rings. The van der Waals surface area contributed by atoms with E-state index in [-0.39, 0.29) is 12.3 Å². The molecule has 0 aromatic heterocycles. The number of rotatable bonds is 5. The molecule has 0 radical (unpaired) electrons. The van der Waals surface area contributed by atoms with Crippen molar-refractivity contribution in [3.8, 4) is 0 Å². The van der Waals surface area contributed by atoms with Crippen LogP contribution in [0.15, 0.2) is 54.6 Å². The third-order valence-electron chi connectivity index (χ3n) is 2.97. The zero-order valence-electron chi connectivity index (χ0n) is 11.1. The van der Waals surface area contributed by atoms with Gasteiger partial charge in [0.25, 0.3) is 5.91 Å². The predicted octanol–water partition coefficient (Wildman–Crippen LogP) is 2.72. The number of halogens is 1. The molecule has 0 heterocycles. The zero-order chi connectivity index (χ0) is 15.2. The number of hydrogen-bond acceptors (Lipinski definition) is 2. The van der Waals surface area contributed by atoms with Crippen molar-refractivity contribution in [3.05, 3.63) is 69.3 Å². The van der Waals surface area contributed by atoms with Crippen molar-refractivity contribution in [2.75, 3.05) is 0 Å². The molecule has 2 aromatic rings. The number of amides is 1. The molecule has 108 valence electrons. The monoisotopic (exact) mass is 395 g/mol. The van der Waals surface area contributed by atoms with Gasteiger partial charge in [-0.25, -0.2) is 4.79 Å². The predicted molar refractivity (Wildman–Crippen MR) is 88.2 cm³/mol. The summed E-state index contributed by atoms with van der Waals surface area (Å²) >= 11 is 2.11. The molecule has 0 unspecified atom stereocenters. The summed E-state index contributed by atoms with van der Waals surface area (Å²) in [5, 5.41) is 11.8. The van der Waals surface area contributed by atoms with E-state index in [1.54, 1.807) is 18.2 Å². The first kappa shape index (κ1) is 15.5. The lowest BCUT2D eigenvalue weighted by Gasteiger charge is -2.14. The largest absolute Gasteiger partial charge is 0.480 e. The third kappa shape index (κ3) is 4.56. The van der Waals surface area contributed by atoms with E-state index in [4.69, 9.17) is 0 Å². The topological polar surface area (TPSA) is 66.4 Å². The Hall–Kier alpha value is -1.89. The fraction of sp³-hybridized carbons (Fsp3) is 0.125. The van der Waals surface area contributed by atoms with Crippen molar-refractivity contribution in [2.45, 2.75) is 12.5 Å². The SMILES string of the molecule is O=C(N[C@@H](Cc1ccccc1)C(=O)O)c1cccc(I)c1. The molecule has 1 atom stereocenters. The fourth-order valence-corrected chi connectivity index (χ4v) is 2.46. The Kier molecular flexibility index (Phi) is 5.32. The van der Waals surface area contributed by atoms with Gasteiger partial charge in [-0.15, -0.1) is 0 Å². The van der Waals surface area contributed by atoms with Gasteiger partial charge >= 0.3 is 5.97 Å². The molecule has 0 spiro atoms. The zero-order valence-corrected chi connectivity index (χ0v) is 13.3. The van der Waals surface area contributed by atoms with Crippen LogP contribution >= 0.6 is 22.6 Å². The van der Waals surface area contributed by atoms with E-state index in [9.17, 15) is 14.7 Å². The van der Waals surface area contributed by atoms with E-state index in [1.807, 2.05) is 36.4 Å². The second-order valence-corrected chi connectivity index (χ2v) is 5.81. The molecule has 2 N–H and O–H groups in total. The molecule has 2 rings (SSSR count). The molecule has 21 heavy (non-hydrogen) atoms. The molecule has 1 amide bonds. The van der Waals surface area contributed by atoms with Gasteiger partial charge in [0, 0.05) is 15.6 Å². The van der Waals surface area contributed by atoms with Crippen LogP contribution < -0.4 is 5.32 Å². The molecule has 0 saturated heterocycles. The lowest BCUT2D eigenvalue weighted by Crippen LogP contribution is -2.42. The van der Waals surface area contributed by atoms with Crippen molar-refractivity contribution >= 4 is 34.5 Å². The Labute approximate surface area is 136 Å². The highest BCUT2D eigenvalue weighted by Crippen LogP contribution is 2.09. The van der Waals surface area contributed by atoms with E-state index in [2.05, 4.69) is 27.9 Å². The first-order valence-electron chi connectivity index (χ1n) is 6.39. The van der Waals surface area contributed by atoms with Gasteiger partial charge in [-0.3, -0.25) is 4.79 Å². The fourth-order valence-electron chi connectivity index (χ4n) is 1.92. The summed E-state index contributed by atoms with van der Waals surface area (Å²) in [7, 11) is 0. The number of nitrogens with one attached hydrogen (secondary N) is 1. The van der Waals surface area contributed by atoms with Gasteiger partial charge in [0.2, 0.25) is 0 Å². The summed E-state index contributed by atoms with van der Waals surface area (Å²) in [6.07, 6.45) is 0.256. The van der Waals surface area contributed by atoms with E-state index in [0.717, 1.165) is 9.13 Å². The molecule has 0 aliphatic heterocycles. The second-order valence-electron chi connectivity index (χ2n) is 4.56. The molecule has 0 aliphatic carbocycles. The van der Waals surface area contributed by atoms with E-state index in [0.29, 0.717) is 5.56 Å². The highest BCUT2D eigenvalue weighted by atomic mass is 127. The number of carbonyl (C=O) groups excluding carboxylic acids is 1. The molecule has 2 aromatic carbocycles. The number of carbonyl (C=O) groups is 2. The van der Waals surface area contributed by atoms with Crippen LogP contribution in [0.1, 0.15) is 15.9 Å². The third-order valence-corrected chi connectivity index (χ3v) is 3.64. The van der Waals surface area contributed by atoms with Gasteiger partial charge in [-0.05, 0) is 46.4 Å². The van der Waals surface area contributed by atoms with E-state index in [1.165, 1.54) is 0 Å². The Bertz CT molecular complexity index is 643. The van der Waals surface area contributed by atoms with Crippen LogP contribution in [0, 0.1) is 3.57 Å². The van der Waals surface area contributed by atoms with Gasteiger partial charge in [0.15, 0.2) is 0 Å². The maximum absolute atomic E-state index is 12.1. The maximum Gasteiger partial charge on any atom is 0.326 e. The van der Waals surface area contributed by atoms with E-state index >= 15 is 0 Å². The lowest BCUT2D eigenvalue weighted by molar-refractivity contribution is -0.139. The Balaban J connectivity index is 2.10. The normalized spacial score (nSPS) is 11.7. The van der Waals surface area contributed by atoms with Crippen LogP contribution in [0.4, 0.5) is 0 Å². The van der Waals surface area contributed by atoms with Crippen LogP contribution in [0.3, 0.4) is 0 Å². The summed E-state index contributed by atoms with van der Waals surface area (Å²) < 4.78 is 0.926. The number of aliphatic carboxylic acids is 1. The second kappa shape index (κ2) is 7.21. The molecule has 0 saturated carbocycles. The minimum atomic E-state index is -1.04. The summed E-state index contributed by atoms with van der Waals surface area (Å²) in [6, 6.07) is 15.3. The number of carboxylic acid groups (broad SMARTS) is 1. The smallest absolute Gasteiger partial charge is 0.326 e. The quantitative estimate of drug-likeness (QED) is 0.766. The van der Waals surface area contributed by atoms with Gasteiger partial charge in [0.05, 0.1) is 0 Å². The molecule has 4 nitrogen and oxygen atoms in total. The van der Waals surface area contributed by atoms with Crippen LogP contribution in [-0.4, -0.2) is 23.0 Å². The highest BCUT2D eigenvalue weighted by Gasteiger charge is 2.21. The first-order chi connectivity index (χ1) is 10.1. The van der Waals surface area contributed by atoms with Gasteiger partial charge in [-0.1, -0.05) is 36.4 Å². The van der Waals surface area contributed by atoms with Crippen molar-refractivity contribution in [2.24, 2.45) is 0 Å². The molecular weight excluding hydrogens is 381 g/mol. The standard InChI is InChI=1S/C16H14INO3/c17-13-8-4-7-12(10-13)15(19)18-14(16(20)21)9-11-5-2-1-3-6-11/h1-8,10,14H,9H2,(H,18,19)(H,20,21)/t14-/m0/s1. The van der Waals surface area contributed by atoms with Crippen molar-refractivity contribution in [3.63, 3.8) is 0 Å². The highest BCUT2D eigenvalue weighted by molar-refractivity contribution is 14.1. The summed E-state index contributed by atoms with van der Waals surface area (Å²) in [5.74, 6) is -1.42. The molecule has 5 heteroatoms. The number of carboxylic acids is 1. The summed E-state index contributed by atoms with van der Waals surface area (Å²) in [6.45, 7) is 0.